The molecule has 1 N–H and O–H groups in total. The molecule has 80 valence electrons. The van der Waals surface area contributed by atoms with Crippen LogP contribution in [-0.2, 0) is 7.05 Å². The summed E-state index contributed by atoms with van der Waals surface area (Å²) in [7, 11) is 1.99. The van der Waals surface area contributed by atoms with Crippen molar-refractivity contribution in [3.8, 4) is 0 Å². The molecule has 0 spiro atoms. The van der Waals surface area contributed by atoms with E-state index < -0.39 is 0 Å². The Labute approximate surface area is 89.3 Å². The van der Waals surface area contributed by atoms with E-state index in [1.807, 2.05) is 30.2 Å². The van der Waals surface area contributed by atoms with Gasteiger partial charge in [0.2, 0.25) is 0 Å². The smallest absolute Gasteiger partial charge is 0.154 e. The van der Waals surface area contributed by atoms with Gasteiger partial charge in [-0.05, 0) is 12.5 Å². The Hall–Kier alpha value is -1.58. The van der Waals surface area contributed by atoms with Crippen LogP contribution in [-0.4, -0.2) is 21.1 Å². The van der Waals surface area contributed by atoms with Gasteiger partial charge >= 0.3 is 0 Å². The van der Waals surface area contributed by atoms with Crippen LogP contribution < -0.4 is 5.32 Å². The summed E-state index contributed by atoms with van der Waals surface area (Å²) in [5.41, 5.74) is 2.07. The normalized spacial score (nSPS) is 10.8. The van der Waals surface area contributed by atoms with Crippen molar-refractivity contribution in [3.63, 3.8) is 0 Å². The van der Waals surface area contributed by atoms with E-state index in [9.17, 15) is 0 Å². The number of rotatable bonds is 4. The third-order valence-corrected chi connectivity index (χ3v) is 2.47. The summed E-state index contributed by atoms with van der Waals surface area (Å²) in [6.45, 7) is 3.13. The van der Waals surface area contributed by atoms with Crippen molar-refractivity contribution < 1.29 is 0 Å². The van der Waals surface area contributed by atoms with E-state index >= 15 is 0 Å². The van der Waals surface area contributed by atoms with Crippen LogP contribution in [0.15, 0.2) is 18.6 Å². The van der Waals surface area contributed by atoms with Gasteiger partial charge in [0.05, 0.1) is 11.8 Å². The number of aromatic nitrogens is 3. The number of anilines is 1. The highest BCUT2D eigenvalue weighted by Crippen LogP contribution is 2.18. The zero-order valence-corrected chi connectivity index (χ0v) is 9.20. The van der Waals surface area contributed by atoms with Crippen LogP contribution in [0.5, 0.6) is 0 Å². The first-order chi connectivity index (χ1) is 7.33. The lowest BCUT2D eigenvalue weighted by atomic mass is 10.3. The second-order valence-electron chi connectivity index (χ2n) is 3.66. The number of hydrogen-bond donors (Lipinski definition) is 1. The van der Waals surface area contributed by atoms with Gasteiger partial charge in [0.1, 0.15) is 5.52 Å². The fourth-order valence-electron chi connectivity index (χ4n) is 1.58. The van der Waals surface area contributed by atoms with Gasteiger partial charge in [-0.1, -0.05) is 13.3 Å². The fraction of sp³-hybridized carbons (Fsp3) is 0.455. The zero-order chi connectivity index (χ0) is 10.7. The minimum absolute atomic E-state index is 0.890. The van der Waals surface area contributed by atoms with E-state index in [0.717, 1.165) is 29.8 Å². The predicted octanol–water partition coefficient (Wildman–Crippen LogP) is 2.18. The first kappa shape index (κ1) is 9.96. The average molecular weight is 204 g/mol. The van der Waals surface area contributed by atoms with Gasteiger partial charge in [-0.3, -0.25) is 0 Å². The monoisotopic (exact) mass is 204 g/mol. The van der Waals surface area contributed by atoms with Crippen LogP contribution in [0.25, 0.3) is 11.0 Å². The molecule has 0 unspecified atom stereocenters. The fourth-order valence-corrected chi connectivity index (χ4v) is 1.58. The highest BCUT2D eigenvalue weighted by atomic mass is 15.1. The molecule has 0 amide bonds. The number of unbranched alkanes of at least 4 members (excludes halogenated alkanes) is 1. The minimum Gasteiger partial charge on any atom is -0.368 e. The topological polar surface area (TPSA) is 42.7 Å². The molecule has 0 radical (unpaired) electrons. The van der Waals surface area contributed by atoms with Crippen LogP contribution >= 0.6 is 0 Å². The molecule has 4 nitrogen and oxygen atoms in total. The molecule has 2 aromatic rings. The number of hydrogen-bond acceptors (Lipinski definition) is 3. The van der Waals surface area contributed by atoms with Gasteiger partial charge in [-0.25, -0.2) is 9.97 Å². The molecule has 0 saturated carbocycles. The summed E-state index contributed by atoms with van der Waals surface area (Å²) < 4.78 is 2.00. The summed E-state index contributed by atoms with van der Waals surface area (Å²) in [6, 6.07) is 1.98. The standard InChI is InChI=1S/C11H16N4/c1-3-4-6-12-11-10-9(5-7-13-11)15(2)8-14-10/h5,7-8H,3-4,6H2,1-2H3,(H,12,13). The van der Waals surface area contributed by atoms with Crippen molar-refractivity contribution in [1.82, 2.24) is 14.5 Å². The predicted molar refractivity (Wildman–Crippen MR) is 61.9 cm³/mol. The van der Waals surface area contributed by atoms with Gasteiger partial charge < -0.3 is 9.88 Å². The van der Waals surface area contributed by atoms with Crippen molar-refractivity contribution in [1.29, 1.82) is 0 Å². The second kappa shape index (κ2) is 4.29. The summed E-state index contributed by atoms with van der Waals surface area (Å²) in [5.74, 6) is 0.890. The van der Waals surface area contributed by atoms with Crippen LogP contribution in [0.2, 0.25) is 0 Å². The van der Waals surface area contributed by atoms with E-state index in [4.69, 9.17) is 0 Å². The third-order valence-electron chi connectivity index (χ3n) is 2.47. The lowest BCUT2D eigenvalue weighted by Crippen LogP contribution is -2.03. The van der Waals surface area contributed by atoms with Crippen LogP contribution in [0.1, 0.15) is 19.8 Å². The average Bonchev–Trinajstić information content (AvgIpc) is 2.62. The van der Waals surface area contributed by atoms with Crippen LogP contribution in [0, 0.1) is 0 Å². The Morgan fingerprint density at radius 1 is 1.40 bits per heavy atom. The molecular formula is C11H16N4. The third kappa shape index (κ3) is 1.93. The number of imidazole rings is 1. The molecular weight excluding hydrogens is 188 g/mol. The van der Waals surface area contributed by atoms with Crippen LogP contribution in [0.4, 0.5) is 5.82 Å². The lowest BCUT2D eigenvalue weighted by molar-refractivity contribution is 0.832. The first-order valence-corrected chi connectivity index (χ1v) is 5.33. The van der Waals surface area contributed by atoms with Gasteiger partial charge in [0, 0.05) is 19.8 Å². The first-order valence-electron chi connectivity index (χ1n) is 5.33. The zero-order valence-electron chi connectivity index (χ0n) is 9.20. The molecule has 0 saturated heterocycles. The number of nitrogens with zero attached hydrogens (tertiary/aromatic N) is 3. The number of fused-ring (bicyclic) bond motifs is 1. The van der Waals surface area contributed by atoms with Gasteiger partial charge in [-0.2, -0.15) is 0 Å². The van der Waals surface area contributed by atoms with Crippen molar-refractivity contribution in [2.24, 2.45) is 7.05 Å². The van der Waals surface area contributed by atoms with Crippen molar-refractivity contribution in [3.05, 3.63) is 18.6 Å². The number of aryl methyl sites for hydroxylation is 1. The van der Waals surface area contributed by atoms with Gasteiger partial charge in [0.25, 0.3) is 0 Å². The highest BCUT2D eigenvalue weighted by Gasteiger charge is 2.05. The van der Waals surface area contributed by atoms with E-state index in [1.165, 1.54) is 6.42 Å². The van der Waals surface area contributed by atoms with Crippen molar-refractivity contribution in [2.75, 3.05) is 11.9 Å². The Balaban J connectivity index is 2.26. The Morgan fingerprint density at radius 2 is 2.27 bits per heavy atom. The molecule has 2 aromatic heterocycles. The molecule has 0 aliphatic heterocycles. The molecule has 2 rings (SSSR count). The SMILES string of the molecule is CCCCNc1nccc2c1ncn2C. The van der Waals surface area contributed by atoms with Crippen molar-refractivity contribution >= 4 is 16.9 Å². The summed E-state index contributed by atoms with van der Waals surface area (Å²) in [5, 5.41) is 3.31. The molecule has 0 aromatic carbocycles. The van der Waals surface area contributed by atoms with E-state index in [2.05, 4.69) is 22.2 Å². The summed E-state index contributed by atoms with van der Waals surface area (Å²) in [6.07, 6.45) is 5.98. The molecule has 0 bridgehead atoms. The molecule has 0 aliphatic rings. The largest absolute Gasteiger partial charge is 0.368 e. The van der Waals surface area contributed by atoms with Gasteiger partial charge in [0.15, 0.2) is 5.82 Å². The second-order valence-corrected chi connectivity index (χ2v) is 3.66. The maximum absolute atomic E-state index is 4.33. The molecule has 2 heterocycles. The summed E-state index contributed by atoms with van der Waals surface area (Å²) in [4.78, 5) is 8.64. The Bertz CT molecular complexity index is 447. The van der Waals surface area contributed by atoms with E-state index in [-0.39, 0.29) is 0 Å². The summed E-state index contributed by atoms with van der Waals surface area (Å²) >= 11 is 0. The molecule has 15 heavy (non-hydrogen) atoms. The number of nitrogens with one attached hydrogen (secondary N) is 1. The minimum atomic E-state index is 0.890. The maximum atomic E-state index is 4.33. The van der Waals surface area contributed by atoms with Crippen LogP contribution in [0.3, 0.4) is 0 Å². The quantitative estimate of drug-likeness (QED) is 0.776. The number of pyridine rings is 1. The van der Waals surface area contributed by atoms with Gasteiger partial charge in [-0.15, -0.1) is 0 Å². The van der Waals surface area contributed by atoms with E-state index in [0.29, 0.717) is 0 Å². The maximum Gasteiger partial charge on any atom is 0.154 e. The van der Waals surface area contributed by atoms with E-state index in [1.54, 1.807) is 0 Å². The Morgan fingerprint density at radius 3 is 3.07 bits per heavy atom. The molecule has 4 heteroatoms. The molecule has 0 fully saturated rings. The molecule has 0 aliphatic carbocycles. The lowest BCUT2D eigenvalue weighted by Gasteiger charge is -2.04. The van der Waals surface area contributed by atoms with Crippen molar-refractivity contribution in [2.45, 2.75) is 19.8 Å². The highest BCUT2D eigenvalue weighted by molar-refractivity contribution is 5.85. The Kier molecular flexibility index (Phi) is 2.85. The molecule has 0 atom stereocenters.